The number of aliphatic hydroxyl groups is 1. The second-order valence-electron chi connectivity index (χ2n) is 4.72. The summed E-state index contributed by atoms with van der Waals surface area (Å²) in [6, 6.07) is 0.214. The lowest BCUT2D eigenvalue weighted by Crippen LogP contribution is -2.48. The van der Waals surface area contributed by atoms with E-state index in [4.69, 9.17) is 9.94 Å². The zero-order valence-corrected chi connectivity index (χ0v) is 12.6. The molecule has 1 rings (SSSR count). The van der Waals surface area contributed by atoms with Gasteiger partial charge < -0.3 is 15.3 Å². The van der Waals surface area contributed by atoms with Gasteiger partial charge >= 0.3 is 0 Å². The summed E-state index contributed by atoms with van der Waals surface area (Å²) in [4.78, 5) is 9.45. The molecule has 1 aliphatic rings. The van der Waals surface area contributed by atoms with Crippen LogP contribution in [0.3, 0.4) is 0 Å². The summed E-state index contributed by atoms with van der Waals surface area (Å²) >= 11 is 0. The minimum atomic E-state index is 0.00257. The predicted molar refractivity (Wildman–Crippen MR) is 81.4 cm³/mol. The van der Waals surface area contributed by atoms with E-state index in [1.807, 2.05) is 26.8 Å². The lowest BCUT2D eigenvalue weighted by molar-refractivity contribution is 0.231. The number of aliphatic imine (C=N–C) groups is 1. The number of hydrogen-bond acceptors (Lipinski definition) is 6. The van der Waals surface area contributed by atoms with Gasteiger partial charge in [0, 0.05) is 24.9 Å². The van der Waals surface area contributed by atoms with E-state index in [0.717, 1.165) is 11.3 Å². The molecule has 0 spiro atoms. The van der Waals surface area contributed by atoms with Crippen LogP contribution in [0.25, 0.3) is 0 Å². The van der Waals surface area contributed by atoms with Crippen molar-refractivity contribution in [2.75, 3.05) is 6.61 Å². The molecule has 0 aromatic rings. The Labute approximate surface area is 120 Å². The number of allylic oxidation sites excluding steroid dienone is 2. The van der Waals surface area contributed by atoms with Crippen LogP contribution in [0.5, 0.6) is 0 Å². The molecule has 0 aromatic heterocycles. The molecule has 6 heteroatoms. The van der Waals surface area contributed by atoms with Crippen LogP contribution in [-0.4, -0.2) is 36.5 Å². The molecule has 20 heavy (non-hydrogen) atoms. The van der Waals surface area contributed by atoms with Crippen molar-refractivity contribution in [2.45, 2.75) is 46.3 Å². The SMILES string of the molecule is C/C=N/O/C(C)=C/C1=C(C)C(NC(C)CCO)NC=N1. The maximum atomic E-state index is 8.95. The zero-order chi connectivity index (χ0) is 15.0. The highest BCUT2D eigenvalue weighted by molar-refractivity contribution is 5.61. The van der Waals surface area contributed by atoms with E-state index in [1.165, 1.54) is 0 Å². The van der Waals surface area contributed by atoms with E-state index in [9.17, 15) is 0 Å². The number of nitrogens with one attached hydrogen (secondary N) is 2. The molecule has 0 aliphatic carbocycles. The number of aliphatic hydroxyl groups excluding tert-OH is 1. The molecule has 1 aliphatic heterocycles. The highest BCUT2D eigenvalue weighted by Gasteiger charge is 2.17. The summed E-state index contributed by atoms with van der Waals surface area (Å²) in [6.45, 7) is 7.85. The van der Waals surface area contributed by atoms with Crippen molar-refractivity contribution in [1.29, 1.82) is 0 Å². The topological polar surface area (TPSA) is 78.2 Å². The fraction of sp³-hybridized carbons (Fsp3) is 0.571. The Balaban J connectivity index is 2.76. The van der Waals surface area contributed by atoms with Crippen molar-refractivity contribution in [3.8, 4) is 0 Å². The van der Waals surface area contributed by atoms with Gasteiger partial charge in [0.25, 0.3) is 0 Å². The average molecular weight is 280 g/mol. The molecule has 0 radical (unpaired) electrons. The molecule has 2 unspecified atom stereocenters. The van der Waals surface area contributed by atoms with Crippen LogP contribution in [0.4, 0.5) is 0 Å². The third kappa shape index (κ3) is 5.14. The van der Waals surface area contributed by atoms with Crippen molar-refractivity contribution in [3.05, 3.63) is 23.1 Å². The van der Waals surface area contributed by atoms with Gasteiger partial charge in [-0.1, -0.05) is 5.16 Å². The fourth-order valence-corrected chi connectivity index (χ4v) is 1.80. The smallest absolute Gasteiger partial charge is 0.134 e. The van der Waals surface area contributed by atoms with Gasteiger partial charge in [-0.15, -0.1) is 0 Å². The normalized spacial score (nSPS) is 21.2. The number of hydrogen-bond donors (Lipinski definition) is 3. The first-order valence-corrected chi connectivity index (χ1v) is 6.78. The third-order valence-electron chi connectivity index (χ3n) is 2.94. The second kappa shape index (κ2) is 8.50. The summed E-state index contributed by atoms with van der Waals surface area (Å²) in [5.41, 5.74) is 1.92. The van der Waals surface area contributed by atoms with Crippen molar-refractivity contribution in [2.24, 2.45) is 10.1 Å². The Morgan fingerprint density at radius 2 is 2.45 bits per heavy atom. The van der Waals surface area contributed by atoms with Gasteiger partial charge in [-0.05, 0) is 39.7 Å². The third-order valence-corrected chi connectivity index (χ3v) is 2.94. The highest BCUT2D eigenvalue weighted by atomic mass is 16.6. The molecule has 6 nitrogen and oxygen atoms in total. The van der Waals surface area contributed by atoms with Gasteiger partial charge in [0.15, 0.2) is 0 Å². The second-order valence-corrected chi connectivity index (χ2v) is 4.72. The lowest BCUT2D eigenvalue weighted by Gasteiger charge is -2.27. The molecule has 3 N–H and O–H groups in total. The molecule has 0 amide bonds. The summed E-state index contributed by atoms with van der Waals surface area (Å²) in [5, 5.41) is 19.2. The van der Waals surface area contributed by atoms with E-state index in [0.29, 0.717) is 12.2 Å². The van der Waals surface area contributed by atoms with E-state index in [1.54, 1.807) is 19.5 Å². The summed E-state index contributed by atoms with van der Waals surface area (Å²) < 4.78 is 0. The predicted octanol–water partition coefficient (Wildman–Crippen LogP) is 1.50. The molecule has 112 valence electrons. The Morgan fingerprint density at radius 1 is 1.70 bits per heavy atom. The van der Waals surface area contributed by atoms with Crippen molar-refractivity contribution < 1.29 is 9.94 Å². The molecular formula is C14H24N4O2. The first kappa shape index (κ1) is 16.4. The van der Waals surface area contributed by atoms with Gasteiger partial charge in [-0.25, -0.2) is 4.99 Å². The fourth-order valence-electron chi connectivity index (χ4n) is 1.80. The monoisotopic (exact) mass is 280 g/mol. The quantitative estimate of drug-likeness (QED) is 0.375. The van der Waals surface area contributed by atoms with Crippen molar-refractivity contribution in [1.82, 2.24) is 10.6 Å². The molecule has 0 saturated carbocycles. The van der Waals surface area contributed by atoms with Crippen LogP contribution in [-0.2, 0) is 4.84 Å². The molecular weight excluding hydrogens is 256 g/mol. The average Bonchev–Trinajstić information content (AvgIpc) is 2.41. The van der Waals surface area contributed by atoms with Gasteiger partial charge in [0.1, 0.15) is 11.9 Å². The Morgan fingerprint density at radius 3 is 3.10 bits per heavy atom. The molecule has 0 fully saturated rings. The van der Waals surface area contributed by atoms with Crippen molar-refractivity contribution >= 4 is 12.6 Å². The number of nitrogens with zero attached hydrogens (tertiary/aromatic N) is 2. The van der Waals surface area contributed by atoms with Crippen LogP contribution in [0.15, 0.2) is 33.3 Å². The van der Waals surface area contributed by atoms with Gasteiger partial charge in [0.2, 0.25) is 0 Å². The Kier molecular flexibility index (Phi) is 6.97. The Hall–Kier alpha value is -1.66. The molecule has 2 atom stereocenters. The summed E-state index contributed by atoms with van der Waals surface area (Å²) in [5.74, 6) is 0.679. The lowest BCUT2D eigenvalue weighted by atomic mass is 10.1. The summed E-state index contributed by atoms with van der Waals surface area (Å²) in [6.07, 6.45) is 5.82. The molecule has 0 aromatic carbocycles. The minimum absolute atomic E-state index is 0.00257. The van der Waals surface area contributed by atoms with E-state index < -0.39 is 0 Å². The van der Waals surface area contributed by atoms with E-state index >= 15 is 0 Å². The van der Waals surface area contributed by atoms with Gasteiger partial charge in [0.05, 0.1) is 12.0 Å². The first-order chi connectivity index (χ1) is 9.58. The molecule has 0 saturated heterocycles. The minimum Gasteiger partial charge on any atom is -0.396 e. The first-order valence-electron chi connectivity index (χ1n) is 6.78. The largest absolute Gasteiger partial charge is 0.396 e. The van der Waals surface area contributed by atoms with E-state index in [-0.39, 0.29) is 18.8 Å². The molecule has 1 heterocycles. The van der Waals surface area contributed by atoms with Crippen LogP contribution in [0, 0.1) is 0 Å². The van der Waals surface area contributed by atoms with Gasteiger partial charge in [-0.3, -0.25) is 5.32 Å². The van der Waals surface area contributed by atoms with Gasteiger partial charge in [-0.2, -0.15) is 0 Å². The van der Waals surface area contributed by atoms with Crippen LogP contribution >= 0.6 is 0 Å². The Bertz CT molecular complexity index is 427. The summed E-state index contributed by atoms with van der Waals surface area (Å²) in [7, 11) is 0. The van der Waals surface area contributed by atoms with Crippen LogP contribution < -0.4 is 10.6 Å². The van der Waals surface area contributed by atoms with Crippen molar-refractivity contribution in [3.63, 3.8) is 0 Å². The maximum absolute atomic E-state index is 8.95. The number of oxime groups is 1. The van der Waals surface area contributed by atoms with Crippen LogP contribution in [0.2, 0.25) is 0 Å². The zero-order valence-electron chi connectivity index (χ0n) is 12.6. The van der Waals surface area contributed by atoms with E-state index in [2.05, 4.69) is 20.8 Å². The standard InChI is InChI=1S/C14H24N4O2/c1-5-17-20-11(3)8-13-12(4)14(16-9-15-13)18-10(2)6-7-19/h5,8-10,14,18-19H,6-7H2,1-4H3,(H,15,16)/b11-8+,17-5+. The molecule has 0 bridgehead atoms. The maximum Gasteiger partial charge on any atom is 0.134 e. The van der Waals surface area contributed by atoms with Crippen LogP contribution in [0.1, 0.15) is 34.1 Å². The number of rotatable bonds is 7. The highest BCUT2D eigenvalue weighted by Crippen LogP contribution is 2.16.